The smallest absolute Gasteiger partial charge is 0.251 e. The lowest BCUT2D eigenvalue weighted by Gasteiger charge is -2.39. The van der Waals surface area contributed by atoms with Crippen LogP contribution in [-0.4, -0.2) is 45.7 Å². The van der Waals surface area contributed by atoms with Crippen molar-refractivity contribution in [1.29, 1.82) is 0 Å². The lowest BCUT2D eigenvalue weighted by molar-refractivity contribution is 0.0944. The molecule has 1 aromatic carbocycles. The molecule has 1 aliphatic heterocycles. The standard InChI is InChI=1S/C17H18N6O/c1-11-2-5-16(22-21-11)23-8-12(9-23)7-18-17(24)13-3-4-14-15(6-13)20-10-19-14/h2-6,10,12H,7-9H2,1H3,(H,18,24)(H,19,20). The van der Waals surface area contributed by atoms with Crippen molar-refractivity contribution in [3.8, 4) is 0 Å². The first-order chi connectivity index (χ1) is 11.7. The Bertz CT molecular complexity index is 866. The molecule has 0 radical (unpaired) electrons. The topological polar surface area (TPSA) is 86.8 Å². The highest BCUT2D eigenvalue weighted by Crippen LogP contribution is 2.21. The number of aromatic nitrogens is 4. The first kappa shape index (κ1) is 14.6. The minimum atomic E-state index is -0.0555. The largest absolute Gasteiger partial charge is 0.354 e. The summed E-state index contributed by atoms with van der Waals surface area (Å²) in [6.07, 6.45) is 1.63. The number of carbonyl (C=O) groups excluding carboxylic acids is 1. The number of aromatic amines is 1. The molecule has 24 heavy (non-hydrogen) atoms. The molecule has 1 fully saturated rings. The van der Waals surface area contributed by atoms with Crippen molar-refractivity contribution in [3.05, 3.63) is 47.9 Å². The molecule has 7 nitrogen and oxygen atoms in total. The predicted octanol–water partition coefficient (Wildman–Crippen LogP) is 1.53. The summed E-state index contributed by atoms with van der Waals surface area (Å²) in [7, 11) is 0. The monoisotopic (exact) mass is 322 g/mol. The zero-order valence-electron chi connectivity index (χ0n) is 13.4. The van der Waals surface area contributed by atoms with Gasteiger partial charge in [-0.2, -0.15) is 5.10 Å². The molecule has 1 aliphatic rings. The third kappa shape index (κ3) is 2.80. The van der Waals surface area contributed by atoms with Gasteiger partial charge in [0.05, 0.1) is 23.1 Å². The number of nitrogens with zero attached hydrogens (tertiary/aromatic N) is 4. The van der Waals surface area contributed by atoms with E-state index in [4.69, 9.17) is 0 Å². The fourth-order valence-corrected chi connectivity index (χ4v) is 2.86. The number of amides is 1. The van der Waals surface area contributed by atoms with E-state index < -0.39 is 0 Å². The average Bonchev–Trinajstić information content (AvgIpc) is 3.02. The number of rotatable bonds is 4. The van der Waals surface area contributed by atoms with E-state index in [1.54, 1.807) is 12.4 Å². The van der Waals surface area contributed by atoms with Crippen LogP contribution in [0.3, 0.4) is 0 Å². The van der Waals surface area contributed by atoms with E-state index in [9.17, 15) is 4.79 Å². The molecule has 0 saturated carbocycles. The summed E-state index contributed by atoms with van der Waals surface area (Å²) in [5.41, 5.74) is 3.29. The Labute approximate surface area is 139 Å². The molecule has 3 aromatic rings. The number of H-pyrrole nitrogens is 1. The fourth-order valence-electron chi connectivity index (χ4n) is 2.86. The van der Waals surface area contributed by atoms with E-state index >= 15 is 0 Å². The van der Waals surface area contributed by atoms with E-state index in [2.05, 4.69) is 30.4 Å². The van der Waals surface area contributed by atoms with Crippen molar-refractivity contribution < 1.29 is 4.79 Å². The van der Waals surface area contributed by atoms with Gasteiger partial charge in [0.15, 0.2) is 5.82 Å². The summed E-state index contributed by atoms with van der Waals surface area (Å²) in [5, 5.41) is 11.3. The van der Waals surface area contributed by atoms with Gasteiger partial charge in [-0.15, -0.1) is 5.10 Å². The van der Waals surface area contributed by atoms with Crippen molar-refractivity contribution >= 4 is 22.8 Å². The Morgan fingerprint density at radius 2 is 2.17 bits per heavy atom. The molecular weight excluding hydrogens is 304 g/mol. The SMILES string of the molecule is Cc1ccc(N2CC(CNC(=O)c3ccc4nc[nH]c4c3)C2)nn1. The number of aryl methyl sites for hydroxylation is 1. The van der Waals surface area contributed by atoms with Crippen LogP contribution < -0.4 is 10.2 Å². The summed E-state index contributed by atoms with van der Waals surface area (Å²) in [4.78, 5) is 21.6. The second-order valence-electron chi connectivity index (χ2n) is 6.15. The minimum Gasteiger partial charge on any atom is -0.354 e. The van der Waals surface area contributed by atoms with Gasteiger partial charge in [-0.1, -0.05) is 0 Å². The zero-order valence-corrected chi connectivity index (χ0v) is 13.4. The summed E-state index contributed by atoms with van der Waals surface area (Å²) in [5.74, 6) is 1.28. The zero-order chi connectivity index (χ0) is 16.5. The fraction of sp³-hybridized carbons (Fsp3) is 0.294. The van der Waals surface area contributed by atoms with Crippen LogP contribution in [0, 0.1) is 12.8 Å². The molecule has 4 rings (SSSR count). The molecule has 2 aromatic heterocycles. The number of anilines is 1. The molecule has 3 heterocycles. The van der Waals surface area contributed by atoms with Gasteiger partial charge in [0.1, 0.15) is 0 Å². The van der Waals surface area contributed by atoms with Crippen LogP contribution in [0.2, 0.25) is 0 Å². The Balaban J connectivity index is 1.30. The van der Waals surface area contributed by atoms with Gasteiger partial charge >= 0.3 is 0 Å². The minimum absolute atomic E-state index is 0.0555. The summed E-state index contributed by atoms with van der Waals surface area (Å²) in [6.45, 7) is 4.36. The van der Waals surface area contributed by atoms with Gasteiger partial charge in [-0.3, -0.25) is 4.79 Å². The predicted molar refractivity (Wildman–Crippen MR) is 90.9 cm³/mol. The summed E-state index contributed by atoms with van der Waals surface area (Å²) >= 11 is 0. The van der Waals surface area contributed by atoms with Crippen molar-refractivity contribution in [1.82, 2.24) is 25.5 Å². The van der Waals surface area contributed by atoms with Crippen LogP contribution in [0.25, 0.3) is 11.0 Å². The first-order valence-corrected chi connectivity index (χ1v) is 7.95. The van der Waals surface area contributed by atoms with Crippen molar-refractivity contribution in [2.24, 2.45) is 5.92 Å². The number of imidazole rings is 1. The Morgan fingerprint density at radius 1 is 1.29 bits per heavy atom. The summed E-state index contributed by atoms with van der Waals surface area (Å²) in [6, 6.07) is 9.42. The molecule has 0 spiro atoms. The maximum atomic E-state index is 12.3. The van der Waals surface area contributed by atoms with Gasteiger partial charge in [-0.05, 0) is 37.3 Å². The lowest BCUT2D eigenvalue weighted by Crippen LogP contribution is -2.51. The van der Waals surface area contributed by atoms with Crippen molar-refractivity contribution in [3.63, 3.8) is 0 Å². The number of fused-ring (bicyclic) bond motifs is 1. The van der Waals surface area contributed by atoms with Crippen molar-refractivity contribution in [2.75, 3.05) is 24.5 Å². The number of nitrogens with one attached hydrogen (secondary N) is 2. The Kier molecular flexibility index (Phi) is 3.60. The van der Waals surface area contributed by atoms with E-state index in [0.717, 1.165) is 35.6 Å². The molecule has 1 saturated heterocycles. The average molecular weight is 322 g/mol. The summed E-state index contributed by atoms with van der Waals surface area (Å²) < 4.78 is 0. The first-order valence-electron chi connectivity index (χ1n) is 7.95. The normalized spacial score (nSPS) is 14.6. The number of carbonyl (C=O) groups is 1. The molecule has 0 bridgehead atoms. The van der Waals surface area contributed by atoms with Crippen LogP contribution in [-0.2, 0) is 0 Å². The lowest BCUT2D eigenvalue weighted by atomic mass is 10.00. The molecule has 1 amide bonds. The van der Waals surface area contributed by atoms with Crippen LogP contribution in [0.15, 0.2) is 36.7 Å². The second-order valence-corrected chi connectivity index (χ2v) is 6.15. The highest BCUT2D eigenvalue weighted by atomic mass is 16.1. The van der Waals surface area contributed by atoms with Crippen LogP contribution in [0.5, 0.6) is 0 Å². The molecule has 0 aliphatic carbocycles. The second kappa shape index (κ2) is 5.92. The maximum Gasteiger partial charge on any atom is 0.251 e. The number of benzene rings is 1. The van der Waals surface area contributed by atoms with Gasteiger partial charge in [0, 0.05) is 31.1 Å². The van der Waals surface area contributed by atoms with E-state index in [-0.39, 0.29) is 5.91 Å². The molecular formula is C17H18N6O. The van der Waals surface area contributed by atoms with Gasteiger partial charge in [0.25, 0.3) is 5.91 Å². The Hall–Kier alpha value is -2.96. The van der Waals surface area contributed by atoms with E-state index in [0.29, 0.717) is 18.0 Å². The molecule has 2 N–H and O–H groups in total. The molecule has 7 heteroatoms. The molecule has 122 valence electrons. The number of hydrogen-bond acceptors (Lipinski definition) is 5. The van der Waals surface area contributed by atoms with Gasteiger partial charge in [-0.25, -0.2) is 4.98 Å². The van der Waals surface area contributed by atoms with Crippen molar-refractivity contribution in [2.45, 2.75) is 6.92 Å². The molecule has 0 unspecified atom stereocenters. The van der Waals surface area contributed by atoms with E-state index in [1.807, 2.05) is 31.2 Å². The third-order valence-corrected chi connectivity index (χ3v) is 4.30. The van der Waals surface area contributed by atoms with Crippen LogP contribution in [0.4, 0.5) is 5.82 Å². The van der Waals surface area contributed by atoms with Gasteiger partial charge in [0.2, 0.25) is 0 Å². The van der Waals surface area contributed by atoms with Crippen LogP contribution in [0.1, 0.15) is 16.1 Å². The van der Waals surface area contributed by atoms with Crippen LogP contribution >= 0.6 is 0 Å². The quantitative estimate of drug-likeness (QED) is 0.760. The number of hydrogen-bond donors (Lipinski definition) is 2. The highest BCUT2D eigenvalue weighted by Gasteiger charge is 2.28. The highest BCUT2D eigenvalue weighted by molar-refractivity contribution is 5.97. The molecule has 0 atom stereocenters. The Morgan fingerprint density at radius 3 is 2.96 bits per heavy atom. The maximum absolute atomic E-state index is 12.3. The van der Waals surface area contributed by atoms with Gasteiger partial charge < -0.3 is 15.2 Å². The van der Waals surface area contributed by atoms with E-state index in [1.165, 1.54) is 0 Å². The third-order valence-electron chi connectivity index (χ3n) is 4.30.